The number of rotatable bonds is 3. The molecule has 1 fully saturated rings. The third-order valence-electron chi connectivity index (χ3n) is 3.26. The van der Waals surface area contributed by atoms with Crippen molar-refractivity contribution in [3.8, 4) is 0 Å². The molecule has 0 saturated carbocycles. The fourth-order valence-electron chi connectivity index (χ4n) is 2.05. The number of carbonyl (C=O) groups excluding carboxylic acids is 1. The van der Waals surface area contributed by atoms with Gasteiger partial charge in [0.15, 0.2) is 0 Å². The average molecular weight is 238 g/mol. The van der Waals surface area contributed by atoms with Gasteiger partial charge in [-0.15, -0.1) is 0 Å². The predicted molar refractivity (Wildman–Crippen MR) is 72.0 cm³/mol. The first-order valence-corrected chi connectivity index (χ1v) is 6.65. The van der Waals surface area contributed by atoms with Gasteiger partial charge in [-0.3, -0.25) is 9.69 Å². The molecule has 1 saturated heterocycles. The van der Waals surface area contributed by atoms with Crippen LogP contribution < -0.4 is 0 Å². The number of carbonyl (C=O) groups is 1. The van der Waals surface area contributed by atoms with Crippen LogP contribution in [0, 0.1) is 0 Å². The monoisotopic (exact) mass is 238 g/mol. The maximum absolute atomic E-state index is 11.8. The van der Waals surface area contributed by atoms with E-state index in [9.17, 15) is 4.79 Å². The van der Waals surface area contributed by atoms with Gasteiger partial charge in [-0.1, -0.05) is 19.4 Å². The van der Waals surface area contributed by atoms with E-state index in [1.165, 1.54) is 0 Å². The zero-order valence-corrected chi connectivity index (χ0v) is 11.7. The summed E-state index contributed by atoms with van der Waals surface area (Å²) in [5.41, 5.74) is 0.215. The average Bonchev–Trinajstić information content (AvgIpc) is 2.28. The molecule has 3 nitrogen and oxygen atoms in total. The van der Waals surface area contributed by atoms with Gasteiger partial charge in [0.1, 0.15) is 0 Å². The number of nitrogens with zero attached hydrogens (tertiary/aromatic N) is 2. The maximum atomic E-state index is 11.8. The number of allylic oxidation sites excluding steroid dienone is 1. The molecule has 98 valence electrons. The minimum atomic E-state index is 0.173. The van der Waals surface area contributed by atoms with Crippen molar-refractivity contribution in [2.24, 2.45) is 0 Å². The van der Waals surface area contributed by atoms with Crippen molar-refractivity contribution >= 4 is 5.91 Å². The molecule has 3 heteroatoms. The number of amides is 1. The molecule has 0 aromatic carbocycles. The first-order valence-electron chi connectivity index (χ1n) is 6.65. The van der Waals surface area contributed by atoms with E-state index in [1.807, 2.05) is 11.0 Å². The Labute approximate surface area is 105 Å². The van der Waals surface area contributed by atoms with E-state index in [4.69, 9.17) is 0 Å². The van der Waals surface area contributed by atoms with Crippen LogP contribution in [0.5, 0.6) is 0 Å². The molecule has 1 rings (SSSR count). The number of unbranched alkanes of at least 4 members (excludes halogenated alkanes) is 1. The van der Waals surface area contributed by atoms with Gasteiger partial charge >= 0.3 is 0 Å². The lowest BCUT2D eigenvalue weighted by Crippen LogP contribution is -2.54. The molecule has 1 aliphatic heterocycles. The molecule has 1 aliphatic rings. The van der Waals surface area contributed by atoms with Crippen LogP contribution in [0.1, 0.15) is 40.5 Å². The van der Waals surface area contributed by atoms with E-state index in [0.717, 1.165) is 39.0 Å². The number of hydrogen-bond acceptors (Lipinski definition) is 2. The Hall–Kier alpha value is -0.830. The van der Waals surface area contributed by atoms with E-state index in [1.54, 1.807) is 6.08 Å². The number of hydrogen-bond donors (Lipinski definition) is 0. The molecular weight excluding hydrogens is 212 g/mol. The smallest absolute Gasteiger partial charge is 0.246 e. The van der Waals surface area contributed by atoms with E-state index in [-0.39, 0.29) is 11.4 Å². The maximum Gasteiger partial charge on any atom is 0.246 e. The summed E-state index contributed by atoms with van der Waals surface area (Å²) in [6.45, 7) is 12.5. The molecule has 1 heterocycles. The van der Waals surface area contributed by atoms with Gasteiger partial charge in [0, 0.05) is 31.7 Å². The normalized spacial score (nSPS) is 18.9. The van der Waals surface area contributed by atoms with E-state index in [2.05, 4.69) is 32.6 Å². The zero-order chi connectivity index (χ0) is 12.9. The lowest BCUT2D eigenvalue weighted by atomic mass is 10.0. The van der Waals surface area contributed by atoms with E-state index >= 15 is 0 Å². The summed E-state index contributed by atoms with van der Waals surface area (Å²) in [6, 6.07) is 0. The summed E-state index contributed by atoms with van der Waals surface area (Å²) in [5, 5.41) is 0. The van der Waals surface area contributed by atoms with Gasteiger partial charge in [0.2, 0.25) is 5.91 Å². The Morgan fingerprint density at radius 1 is 1.18 bits per heavy atom. The zero-order valence-electron chi connectivity index (χ0n) is 11.7. The van der Waals surface area contributed by atoms with E-state index < -0.39 is 0 Å². The van der Waals surface area contributed by atoms with Gasteiger partial charge in [-0.2, -0.15) is 0 Å². The van der Waals surface area contributed by atoms with Crippen LogP contribution in [0.4, 0.5) is 0 Å². The van der Waals surface area contributed by atoms with Crippen LogP contribution >= 0.6 is 0 Å². The minimum absolute atomic E-state index is 0.173. The Balaban J connectivity index is 2.39. The second kappa shape index (κ2) is 6.20. The second-order valence-corrected chi connectivity index (χ2v) is 5.67. The summed E-state index contributed by atoms with van der Waals surface area (Å²) in [5.74, 6) is 0.173. The molecule has 0 atom stereocenters. The lowest BCUT2D eigenvalue weighted by molar-refractivity contribution is -0.128. The Morgan fingerprint density at radius 3 is 2.24 bits per heavy atom. The van der Waals surface area contributed by atoms with Gasteiger partial charge < -0.3 is 4.90 Å². The third-order valence-corrected chi connectivity index (χ3v) is 3.26. The van der Waals surface area contributed by atoms with Crippen LogP contribution in [-0.4, -0.2) is 47.4 Å². The fourth-order valence-corrected chi connectivity index (χ4v) is 2.05. The molecular formula is C14H26N2O. The summed E-state index contributed by atoms with van der Waals surface area (Å²) in [7, 11) is 0. The van der Waals surface area contributed by atoms with Crippen molar-refractivity contribution in [3.05, 3.63) is 12.2 Å². The Kier molecular flexibility index (Phi) is 5.19. The topological polar surface area (TPSA) is 23.6 Å². The molecule has 17 heavy (non-hydrogen) atoms. The van der Waals surface area contributed by atoms with Crippen molar-refractivity contribution in [2.45, 2.75) is 46.1 Å². The molecule has 0 radical (unpaired) electrons. The van der Waals surface area contributed by atoms with Crippen molar-refractivity contribution < 1.29 is 4.79 Å². The van der Waals surface area contributed by atoms with Gasteiger partial charge in [0.05, 0.1) is 0 Å². The number of piperazine rings is 1. The van der Waals surface area contributed by atoms with Crippen molar-refractivity contribution in [1.82, 2.24) is 9.80 Å². The van der Waals surface area contributed by atoms with Crippen LogP contribution in [0.3, 0.4) is 0 Å². The highest BCUT2D eigenvalue weighted by Crippen LogP contribution is 2.15. The van der Waals surface area contributed by atoms with Crippen LogP contribution in [-0.2, 0) is 4.79 Å². The quantitative estimate of drug-likeness (QED) is 0.704. The first kappa shape index (κ1) is 14.2. The van der Waals surface area contributed by atoms with Crippen molar-refractivity contribution in [1.29, 1.82) is 0 Å². The standard InChI is InChI=1S/C14H26N2O/c1-5-6-7-8-13(17)15-9-11-16(12-10-15)14(2,3)4/h7-8H,5-6,9-12H2,1-4H3/b8-7+. The largest absolute Gasteiger partial charge is 0.337 e. The van der Waals surface area contributed by atoms with Gasteiger partial charge in [-0.05, 0) is 33.3 Å². The third kappa shape index (κ3) is 4.50. The molecule has 0 bridgehead atoms. The highest BCUT2D eigenvalue weighted by Gasteiger charge is 2.26. The molecule has 0 aliphatic carbocycles. The predicted octanol–water partition coefficient (Wildman–Crippen LogP) is 2.29. The summed E-state index contributed by atoms with van der Waals surface area (Å²) in [4.78, 5) is 16.2. The Morgan fingerprint density at radius 2 is 1.76 bits per heavy atom. The molecule has 1 amide bonds. The molecule has 0 N–H and O–H groups in total. The lowest BCUT2D eigenvalue weighted by Gasteiger charge is -2.42. The highest BCUT2D eigenvalue weighted by molar-refractivity contribution is 5.87. The summed E-state index contributed by atoms with van der Waals surface area (Å²) < 4.78 is 0. The van der Waals surface area contributed by atoms with Crippen LogP contribution in [0.2, 0.25) is 0 Å². The summed E-state index contributed by atoms with van der Waals surface area (Å²) in [6.07, 6.45) is 5.81. The SMILES string of the molecule is CCC/C=C/C(=O)N1CCN(C(C)(C)C)CC1. The molecule has 0 spiro atoms. The fraction of sp³-hybridized carbons (Fsp3) is 0.786. The Bertz CT molecular complexity index is 270. The van der Waals surface area contributed by atoms with Crippen molar-refractivity contribution in [3.63, 3.8) is 0 Å². The first-order chi connectivity index (χ1) is 7.95. The molecule has 0 aromatic rings. The molecule has 0 aromatic heterocycles. The minimum Gasteiger partial charge on any atom is -0.337 e. The van der Waals surface area contributed by atoms with Crippen molar-refractivity contribution in [2.75, 3.05) is 26.2 Å². The van der Waals surface area contributed by atoms with Crippen LogP contribution in [0.15, 0.2) is 12.2 Å². The van der Waals surface area contributed by atoms with E-state index in [0.29, 0.717) is 0 Å². The second-order valence-electron chi connectivity index (χ2n) is 5.67. The van der Waals surface area contributed by atoms with Gasteiger partial charge in [-0.25, -0.2) is 0 Å². The van der Waals surface area contributed by atoms with Crippen LogP contribution in [0.25, 0.3) is 0 Å². The summed E-state index contributed by atoms with van der Waals surface area (Å²) >= 11 is 0. The highest BCUT2D eigenvalue weighted by atomic mass is 16.2. The molecule has 0 unspecified atom stereocenters. The van der Waals surface area contributed by atoms with Gasteiger partial charge in [0.25, 0.3) is 0 Å².